The van der Waals surface area contributed by atoms with Gasteiger partial charge in [0.1, 0.15) is 12.1 Å². The molecule has 5 atom stereocenters. The van der Waals surface area contributed by atoms with Gasteiger partial charge in [-0.3, -0.25) is 24.0 Å². The van der Waals surface area contributed by atoms with Crippen LogP contribution in [0, 0.1) is 28.6 Å². The van der Waals surface area contributed by atoms with Crippen molar-refractivity contribution in [3.8, 4) is 0 Å². The number of nitrogens with one attached hydrogen (secondary N) is 3. The molecule has 1 saturated carbocycles. The molecule has 3 rings (SSSR count). The first kappa shape index (κ1) is 30.1. The van der Waals surface area contributed by atoms with Gasteiger partial charge in [0, 0.05) is 19.0 Å². The number of hydrogen-bond acceptors (Lipinski definition) is 5. The zero-order chi connectivity index (χ0) is 29.1. The van der Waals surface area contributed by atoms with E-state index >= 15 is 0 Å². The van der Waals surface area contributed by atoms with Gasteiger partial charge in [-0.2, -0.15) is 0 Å². The van der Waals surface area contributed by atoms with E-state index in [0.29, 0.717) is 13.1 Å². The molecule has 1 aliphatic heterocycles. The molecule has 2 aliphatic rings. The topological polar surface area (TPSA) is 125 Å². The van der Waals surface area contributed by atoms with E-state index in [1.807, 2.05) is 58.0 Å². The molecule has 0 radical (unpaired) electrons. The zero-order valence-corrected chi connectivity index (χ0v) is 23.9. The van der Waals surface area contributed by atoms with E-state index in [-0.39, 0.29) is 47.5 Å². The Labute approximate surface area is 231 Å². The number of fused-ring (bicyclic) bond motifs is 1. The molecule has 1 heterocycles. The number of piperidine rings is 1. The van der Waals surface area contributed by atoms with Crippen LogP contribution in [0.25, 0.3) is 0 Å². The minimum atomic E-state index is -1.15. The van der Waals surface area contributed by atoms with Crippen LogP contribution in [0.5, 0.6) is 0 Å². The van der Waals surface area contributed by atoms with Crippen LogP contribution in [0.1, 0.15) is 53.5 Å². The van der Waals surface area contributed by atoms with Gasteiger partial charge in [0.25, 0.3) is 5.91 Å². The monoisotopic (exact) mass is 538 g/mol. The van der Waals surface area contributed by atoms with E-state index < -0.39 is 35.6 Å². The Kier molecular flexibility index (Phi) is 9.03. The largest absolute Gasteiger partial charge is 0.350 e. The predicted molar refractivity (Wildman–Crippen MR) is 148 cm³/mol. The molecule has 1 aromatic carbocycles. The number of Topliss-reactive ketones (excluding diaryl/α,β-unsaturated/α-hetero) is 1. The predicted octanol–water partition coefficient (Wildman–Crippen LogP) is 2.21. The second kappa shape index (κ2) is 11.7. The van der Waals surface area contributed by atoms with Crippen molar-refractivity contribution < 1.29 is 24.0 Å². The smallest absolute Gasteiger partial charge is 0.290 e. The van der Waals surface area contributed by atoms with Gasteiger partial charge < -0.3 is 20.9 Å². The van der Waals surface area contributed by atoms with Gasteiger partial charge in [-0.1, -0.05) is 78.0 Å². The first-order valence-electron chi connectivity index (χ1n) is 13.5. The van der Waals surface area contributed by atoms with Crippen molar-refractivity contribution in [3.63, 3.8) is 0 Å². The molecule has 1 unspecified atom stereocenters. The minimum absolute atomic E-state index is 0.0183. The van der Waals surface area contributed by atoms with Gasteiger partial charge in [0.2, 0.25) is 23.5 Å². The summed E-state index contributed by atoms with van der Waals surface area (Å²) >= 11 is 0. The van der Waals surface area contributed by atoms with Crippen LogP contribution < -0.4 is 16.0 Å². The summed E-state index contributed by atoms with van der Waals surface area (Å²) in [5.74, 6) is -2.93. The van der Waals surface area contributed by atoms with Crippen molar-refractivity contribution in [2.75, 3.05) is 13.1 Å². The lowest BCUT2D eigenvalue weighted by molar-refractivity contribution is -0.146. The van der Waals surface area contributed by atoms with Crippen LogP contribution in [-0.2, 0) is 30.5 Å². The lowest BCUT2D eigenvalue weighted by Crippen LogP contribution is -2.56. The maximum Gasteiger partial charge on any atom is 0.290 e. The summed E-state index contributed by atoms with van der Waals surface area (Å²) in [6.07, 6.45) is 1.49. The molecule has 1 saturated heterocycles. The van der Waals surface area contributed by atoms with Crippen molar-refractivity contribution in [1.82, 2.24) is 20.9 Å². The van der Waals surface area contributed by atoms with Crippen LogP contribution in [0.4, 0.5) is 0 Å². The molecule has 9 nitrogen and oxygen atoms in total. The summed E-state index contributed by atoms with van der Waals surface area (Å²) in [6, 6.07) is 7.43. The Bertz CT molecular complexity index is 1120. The van der Waals surface area contributed by atoms with E-state index in [1.165, 1.54) is 6.08 Å². The number of nitrogens with zero attached hydrogens (tertiary/aromatic N) is 1. The zero-order valence-electron chi connectivity index (χ0n) is 23.9. The third-order valence-electron chi connectivity index (χ3n) is 8.43. The Morgan fingerprint density at radius 2 is 1.74 bits per heavy atom. The molecule has 39 heavy (non-hydrogen) atoms. The van der Waals surface area contributed by atoms with Crippen LogP contribution >= 0.6 is 0 Å². The van der Waals surface area contributed by atoms with Gasteiger partial charge in [-0.25, -0.2) is 0 Å². The molecule has 4 amide bonds. The van der Waals surface area contributed by atoms with Crippen LogP contribution in [-0.4, -0.2) is 59.5 Å². The molecule has 212 valence electrons. The fourth-order valence-corrected chi connectivity index (χ4v) is 5.35. The molecular weight excluding hydrogens is 496 g/mol. The van der Waals surface area contributed by atoms with E-state index in [1.54, 1.807) is 4.90 Å². The number of hydrogen-bond donors (Lipinski definition) is 3. The third kappa shape index (κ3) is 6.75. The average Bonchev–Trinajstić information content (AvgIpc) is 3.21. The standard InChI is InChI=1S/C30H42N4O5/c1-8-12-21(25(36)27(38)32-16-22(35)31-15-19-13-10-9-11-14-19)33-26(37)24-23-20(30(23,6)7)17-34(24)28(39)18(2)29(3,4)5/h8-11,13-14,18,20-21,23-24H,1,12,15-17H2,2-7H3,(H,31,35)(H,32,38)(H,33,37)/t18-,20+,21?,23+,24+/m1/s1. The molecule has 1 aliphatic carbocycles. The number of amides is 4. The van der Waals surface area contributed by atoms with E-state index in [4.69, 9.17) is 0 Å². The lowest BCUT2D eigenvalue weighted by Gasteiger charge is -2.36. The minimum Gasteiger partial charge on any atom is -0.350 e. The van der Waals surface area contributed by atoms with Crippen LogP contribution in [0.3, 0.4) is 0 Å². The first-order valence-corrected chi connectivity index (χ1v) is 13.5. The van der Waals surface area contributed by atoms with Crippen LogP contribution in [0.15, 0.2) is 43.0 Å². The lowest BCUT2D eigenvalue weighted by atomic mass is 9.81. The quantitative estimate of drug-likeness (QED) is 0.294. The molecule has 9 heteroatoms. The first-order chi connectivity index (χ1) is 18.2. The molecule has 3 N–H and O–H groups in total. The summed E-state index contributed by atoms with van der Waals surface area (Å²) in [7, 11) is 0. The van der Waals surface area contributed by atoms with E-state index in [2.05, 4.69) is 36.4 Å². The second-order valence-electron chi connectivity index (χ2n) is 12.4. The highest BCUT2D eigenvalue weighted by Crippen LogP contribution is 2.65. The number of rotatable bonds is 11. The van der Waals surface area contributed by atoms with Gasteiger partial charge in [0.05, 0.1) is 6.54 Å². The summed E-state index contributed by atoms with van der Waals surface area (Å²) < 4.78 is 0. The van der Waals surface area contributed by atoms with E-state index in [0.717, 1.165) is 5.56 Å². The summed E-state index contributed by atoms with van der Waals surface area (Å²) in [4.78, 5) is 66.3. The van der Waals surface area contributed by atoms with Gasteiger partial charge in [0.15, 0.2) is 0 Å². The maximum atomic E-state index is 13.6. The van der Waals surface area contributed by atoms with Gasteiger partial charge in [-0.05, 0) is 34.7 Å². The molecule has 0 aromatic heterocycles. The number of carbonyl (C=O) groups excluding carboxylic acids is 5. The molecule has 0 bridgehead atoms. The van der Waals surface area contributed by atoms with Crippen molar-refractivity contribution >= 4 is 29.4 Å². The van der Waals surface area contributed by atoms with Crippen LogP contribution in [0.2, 0.25) is 0 Å². The molecule has 2 fully saturated rings. The Morgan fingerprint density at radius 1 is 1.10 bits per heavy atom. The second-order valence-corrected chi connectivity index (χ2v) is 12.4. The number of carbonyl (C=O) groups is 5. The Hall–Kier alpha value is -3.49. The molecule has 1 aromatic rings. The highest BCUT2D eigenvalue weighted by molar-refractivity contribution is 6.38. The maximum absolute atomic E-state index is 13.6. The molecule has 0 spiro atoms. The fraction of sp³-hybridized carbons (Fsp3) is 0.567. The van der Waals surface area contributed by atoms with E-state index in [9.17, 15) is 24.0 Å². The highest BCUT2D eigenvalue weighted by atomic mass is 16.2. The third-order valence-corrected chi connectivity index (χ3v) is 8.43. The van der Waals surface area contributed by atoms with Crippen molar-refractivity contribution in [2.45, 2.75) is 66.6 Å². The van der Waals surface area contributed by atoms with Gasteiger partial charge >= 0.3 is 0 Å². The Morgan fingerprint density at radius 3 is 2.33 bits per heavy atom. The number of ketones is 1. The fourth-order valence-electron chi connectivity index (χ4n) is 5.35. The average molecular weight is 539 g/mol. The SMILES string of the molecule is C=CCC(NC(=O)[C@@H]1[C@@H]2[C@H](CN1C(=O)[C@@H](C)C(C)(C)C)C2(C)C)C(=O)C(=O)NCC(=O)NCc1ccccc1. The number of likely N-dealkylation sites (tertiary alicyclic amines) is 1. The van der Waals surface area contributed by atoms with Crippen molar-refractivity contribution in [2.24, 2.45) is 28.6 Å². The summed E-state index contributed by atoms with van der Waals surface area (Å²) in [6.45, 7) is 16.1. The Balaban J connectivity index is 1.63. The van der Waals surface area contributed by atoms with Gasteiger partial charge in [-0.15, -0.1) is 6.58 Å². The normalized spacial score (nSPS) is 22.6. The molecular formula is C30H42N4O5. The summed E-state index contributed by atoms with van der Waals surface area (Å²) in [5.41, 5.74) is 0.541. The van der Waals surface area contributed by atoms with Crippen molar-refractivity contribution in [3.05, 3.63) is 48.6 Å². The number of benzene rings is 1. The summed E-state index contributed by atoms with van der Waals surface area (Å²) in [5, 5.41) is 7.74. The highest BCUT2D eigenvalue weighted by Gasteiger charge is 2.69. The van der Waals surface area contributed by atoms with Crippen molar-refractivity contribution in [1.29, 1.82) is 0 Å².